The summed E-state index contributed by atoms with van der Waals surface area (Å²) in [6.45, 7) is 0.829. The first-order chi connectivity index (χ1) is 12.3. The first-order valence-corrected chi connectivity index (χ1v) is 8.93. The Hall–Kier alpha value is -2.86. The number of rotatable bonds is 4. The highest BCUT2D eigenvalue weighted by Crippen LogP contribution is 2.18. The van der Waals surface area contributed by atoms with Gasteiger partial charge < -0.3 is 9.88 Å². The van der Waals surface area contributed by atoms with E-state index in [1.165, 1.54) is 22.7 Å². The molecular formula is C19H16N4OS. The smallest absolute Gasteiger partial charge is 0.236 e. The fourth-order valence-corrected chi connectivity index (χ4v) is 3.36. The number of carbonyl (C=O) groups excluding carboxylic acids is 1. The molecular weight excluding hydrogens is 332 g/mol. The lowest BCUT2D eigenvalue weighted by molar-refractivity contribution is -0.116. The highest BCUT2D eigenvalue weighted by Gasteiger charge is 2.15. The van der Waals surface area contributed by atoms with Crippen molar-refractivity contribution in [1.29, 1.82) is 0 Å². The van der Waals surface area contributed by atoms with Gasteiger partial charge in [-0.15, -0.1) is 5.10 Å². The molecule has 0 saturated carbocycles. The van der Waals surface area contributed by atoms with E-state index < -0.39 is 0 Å². The van der Waals surface area contributed by atoms with E-state index in [0.29, 0.717) is 10.9 Å². The number of aromatic nitrogens is 1. The number of carbonyl (C=O) groups is 1. The molecule has 1 aliphatic heterocycles. The Bertz CT molecular complexity index is 976. The summed E-state index contributed by atoms with van der Waals surface area (Å²) in [4.78, 5) is 11.1. The summed E-state index contributed by atoms with van der Waals surface area (Å²) in [6.07, 6.45) is 3.81. The summed E-state index contributed by atoms with van der Waals surface area (Å²) >= 11 is 1.36. The zero-order chi connectivity index (χ0) is 17.1. The van der Waals surface area contributed by atoms with E-state index in [2.05, 4.69) is 68.7 Å². The van der Waals surface area contributed by atoms with Gasteiger partial charge in [0.15, 0.2) is 5.17 Å². The highest BCUT2D eigenvalue weighted by atomic mass is 32.2. The molecule has 4 rings (SSSR count). The van der Waals surface area contributed by atoms with Gasteiger partial charge in [0.2, 0.25) is 5.91 Å². The molecule has 0 aliphatic carbocycles. The Morgan fingerprint density at radius 3 is 2.84 bits per heavy atom. The van der Waals surface area contributed by atoms with Gasteiger partial charge in [0.05, 0.1) is 12.0 Å². The van der Waals surface area contributed by atoms with Crippen molar-refractivity contribution in [3.63, 3.8) is 0 Å². The average molecular weight is 348 g/mol. The van der Waals surface area contributed by atoms with Gasteiger partial charge in [0, 0.05) is 18.3 Å². The normalized spacial score (nSPS) is 16.2. The van der Waals surface area contributed by atoms with Gasteiger partial charge >= 0.3 is 0 Å². The van der Waals surface area contributed by atoms with Gasteiger partial charge in [0.1, 0.15) is 0 Å². The molecule has 0 unspecified atom stereocenters. The molecule has 1 saturated heterocycles. The van der Waals surface area contributed by atoms with Gasteiger partial charge in [0.25, 0.3) is 0 Å². The molecule has 1 fully saturated rings. The SMILES string of the molecule is O=C1CSC(=NN=Cc2ccc3ccn(Cc4ccccc4)c3c2)N1. The molecule has 1 aromatic heterocycles. The number of benzene rings is 2. The summed E-state index contributed by atoms with van der Waals surface area (Å²) in [5.74, 6) is 0.381. The maximum Gasteiger partial charge on any atom is 0.236 e. The number of amidine groups is 1. The van der Waals surface area contributed by atoms with Crippen LogP contribution in [0.5, 0.6) is 0 Å². The van der Waals surface area contributed by atoms with Crippen LogP contribution in [0.25, 0.3) is 10.9 Å². The summed E-state index contributed by atoms with van der Waals surface area (Å²) in [6, 6.07) is 18.7. The number of nitrogens with one attached hydrogen (secondary N) is 1. The number of hydrogen-bond acceptors (Lipinski definition) is 4. The van der Waals surface area contributed by atoms with Gasteiger partial charge in [-0.2, -0.15) is 5.10 Å². The summed E-state index contributed by atoms with van der Waals surface area (Å²) < 4.78 is 2.22. The van der Waals surface area contributed by atoms with E-state index >= 15 is 0 Å². The molecule has 0 radical (unpaired) electrons. The van der Waals surface area contributed by atoms with Crippen LogP contribution >= 0.6 is 11.8 Å². The van der Waals surface area contributed by atoms with Crippen molar-refractivity contribution in [2.24, 2.45) is 10.2 Å². The number of fused-ring (bicyclic) bond motifs is 1. The third-order valence-electron chi connectivity index (χ3n) is 3.94. The van der Waals surface area contributed by atoms with Gasteiger partial charge in [-0.3, -0.25) is 4.79 Å². The second kappa shape index (κ2) is 6.94. The van der Waals surface area contributed by atoms with Crippen LogP contribution in [0.3, 0.4) is 0 Å². The highest BCUT2D eigenvalue weighted by molar-refractivity contribution is 8.15. The van der Waals surface area contributed by atoms with Crippen molar-refractivity contribution in [2.75, 3.05) is 5.75 Å². The molecule has 1 N–H and O–H groups in total. The van der Waals surface area contributed by atoms with Gasteiger partial charge in [-0.1, -0.05) is 54.2 Å². The lowest BCUT2D eigenvalue weighted by Gasteiger charge is -2.06. The maximum absolute atomic E-state index is 11.1. The summed E-state index contributed by atoms with van der Waals surface area (Å²) in [5.41, 5.74) is 3.39. The first-order valence-electron chi connectivity index (χ1n) is 7.94. The van der Waals surface area contributed by atoms with Crippen LogP contribution in [-0.4, -0.2) is 27.6 Å². The Morgan fingerprint density at radius 1 is 1.16 bits per heavy atom. The summed E-state index contributed by atoms with van der Waals surface area (Å²) in [7, 11) is 0. The minimum absolute atomic E-state index is 0.0286. The number of nitrogens with zero attached hydrogens (tertiary/aromatic N) is 3. The molecule has 1 aliphatic rings. The fourth-order valence-electron chi connectivity index (χ4n) is 2.73. The van der Waals surface area contributed by atoms with Crippen LogP contribution in [0.4, 0.5) is 0 Å². The molecule has 2 aromatic carbocycles. The molecule has 3 aromatic rings. The van der Waals surface area contributed by atoms with Crippen LogP contribution in [0.1, 0.15) is 11.1 Å². The number of thioether (sulfide) groups is 1. The predicted octanol–water partition coefficient (Wildman–Crippen LogP) is 3.24. The van der Waals surface area contributed by atoms with E-state index in [4.69, 9.17) is 0 Å². The van der Waals surface area contributed by atoms with Crippen LogP contribution in [-0.2, 0) is 11.3 Å². The van der Waals surface area contributed by atoms with Crippen LogP contribution in [0.2, 0.25) is 0 Å². The predicted molar refractivity (Wildman–Crippen MR) is 103 cm³/mol. The van der Waals surface area contributed by atoms with Crippen molar-refractivity contribution in [3.05, 3.63) is 71.9 Å². The molecule has 5 nitrogen and oxygen atoms in total. The largest absolute Gasteiger partial charge is 0.343 e. The van der Waals surface area contributed by atoms with Crippen molar-refractivity contribution in [3.8, 4) is 0 Å². The fraction of sp³-hybridized carbons (Fsp3) is 0.105. The zero-order valence-corrected chi connectivity index (χ0v) is 14.2. The third-order valence-corrected chi connectivity index (χ3v) is 4.80. The Balaban J connectivity index is 1.57. The maximum atomic E-state index is 11.1. The second-order valence-electron chi connectivity index (χ2n) is 5.73. The molecule has 0 bridgehead atoms. The van der Waals surface area contributed by atoms with E-state index in [1.807, 2.05) is 12.1 Å². The minimum Gasteiger partial charge on any atom is -0.343 e. The molecule has 6 heteroatoms. The molecule has 124 valence electrons. The standard InChI is InChI=1S/C19H16N4OS/c24-18-13-25-19(21-18)22-20-11-15-6-7-16-8-9-23(17(16)10-15)12-14-4-2-1-3-5-14/h1-11H,12-13H2,(H,21,22,24). The van der Waals surface area contributed by atoms with Crippen molar-refractivity contribution < 1.29 is 4.79 Å². The van der Waals surface area contributed by atoms with Crippen LogP contribution in [0, 0.1) is 0 Å². The number of hydrogen-bond donors (Lipinski definition) is 1. The molecule has 1 amide bonds. The molecule has 0 spiro atoms. The van der Waals surface area contributed by atoms with Crippen molar-refractivity contribution in [2.45, 2.75) is 6.54 Å². The Morgan fingerprint density at radius 2 is 2.04 bits per heavy atom. The molecule has 2 heterocycles. The first kappa shape index (κ1) is 15.7. The van der Waals surface area contributed by atoms with Gasteiger partial charge in [-0.05, 0) is 28.6 Å². The van der Waals surface area contributed by atoms with E-state index in [9.17, 15) is 4.79 Å². The van der Waals surface area contributed by atoms with E-state index in [0.717, 1.165) is 17.6 Å². The third kappa shape index (κ3) is 3.64. The topological polar surface area (TPSA) is 58.8 Å². The van der Waals surface area contributed by atoms with Crippen LogP contribution in [0.15, 0.2) is 71.0 Å². The van der Waals surface area contributed by atoms with Crippen molar-refractivity contribution >= 4 is 40.0 Å². The lowest BCUT2D eigenvalue weighted by Crippen LogP contribution is -2.19. The van der Waals surface area contributed by atoms with Crippen molar-refractivity contribution in [1.82, 2.24) is 9.88 Å². The second-order valence-corrected chi connectivity index (χ2v) is 6.70. The Kier molecular flexibility index (Phi) is 4.35. The van der Waals surface area contributed by atoms with E-state index in [1.54, 1.807) is 6.21 Å². The minimum atomic E-state index is -0.0286. The van der Waals surface area contributed by atoms with E-state index in [-0.39, 0.29) is 5.91 Å². The Labute approximate surface area is 149 Å². The van der Waals surface area contributed by atoms with Gasteiger partial charge in [-0.25, -0.2) is 0 Å². The lowest BCUT2D eigenvalue weighted by atomic mass is 10.2. The zero-order valence-electron chi connectivity index (χ0n) is 13.4. The molecule has 0 atom stereocenters. The monoisotopic (exact) mass is 348 g/mol. The quantitative estimate of drug-likeness (QED) is 0.581. The summed E-state index contributed by atoms with van der Waals surface area (Å²) in [5, 5.41) is 12.5. The van der Waals surface area contributed by atoms with Crippen LogP contribution < -0.4 is 5.32 Å². The molecule has 25 heavy (non-hydrogen) atoms. The average Bonchev–Trinajstić information content (AvgIpc) is 3.22. The number of amides is 1.